The molecule has 4 nitrogen and oxygen atoms in total. The maximum absolute atomic E-state index is 12.5. The number of rotatable bonds is 3. The van der Waals surface area contributed by atoms with Crippen LogP contribution in [0.15, 0.2) is 30.3 Å². The zero-order chi connectivity index (χ0) is 15.5. The van der Waals surface area contributed by atoms with E-state index in [-0.39, 0.29) is 5.91 Å². The molecule has 0 radical (unpaired) electrons. The molecule has 1 aromatic carbocycles. The van der Waals surface area contributed by atoms with Gasteiger partial charge in [0.15, 0.2) is 5.01 Å². The van der Waals surface area contributed by atoms with Crippen LogP contribution in [0.2, 0.25) is 0 Å². The van der Waals surface area contributed by atoms with Crippen molar-refractivity contribution in [1.82, 2.24) is 14.8 Å². The van der Waals surface area contributed by atoms with Crippen LogP contribution in [-0.2, 0) is 6.54 Å². The smallest absolute Gasteiger partial charge is 0.282 e. The predicted molar refractivity (Wildman–Crippen MR) is 89.2 cm³/mol. The fraction of sp³-hybridized carbons (Fsp3) is 0.412. The lowest BCUT2D eigenvalue weighted by molar-refractivity contribution is 0.0628. The van der Waals surface area contributed by atoms with Gasteiger partial charge >= 0.3 is 0 Å². The molecule has 3 rings (SSSR count). The molecule has 1 aliphatic heterocycles. The minimum Gasteiger partial charge on any atom is -0.334 e. The number of carbonyl (C=O) groups excluding carboxylic acids is 1. The van der Waals surface area contributed by atoms with Crippen molar-refractivity contribution in [3.8, 4) is 0 Å². The van der Waals surface area contributed by atoms with Crippen molar-refractivity contribution >= 4 is 17.2 Å². The van der Waals surface area contributed by atoms with Crippen LogP contribution < -0.4 is 0 Å². The second-order valence-electron chi connectivity index (χ2n) is 5.71. The van der Waals surface area contributed by atoms with Crippen LogP contribution in [0.4, 0.5) is 0 Å². The highest BCUT2D eigenvalue weighted by Crippen LogP contribution is 2.19. The van der Waals surface area contributed by atoms with Gasteiger partial charge in [0.05, 0.1) is 5.69 Å². The van der Waals surface area contributed by atoms with Gasteiger partial charge in [-0.25, -0.2) is 4.98 Å². The van der Waals surface area contributed by atoms with Crippen LogP contribution in [0.3, 0.4) is 0 Å². The molecule has 1 saturated heterocycles. The van der Waals surface area contributed by atoms with E-state index in [9.17, 15) is 4.79 Å². The summed E-state index contributed by atoms with van der Waals surface area (Å²) in [7, 11) is 0. The van der Waals surface area contributed by atoms with E-state index in [4.69, 9.17) is 0 Å². The van der Waals surface area contributed by atoms with Crippen molar-refractivity contribution in [2.75, 3.05) is 26.2 Å². The molecule has 5 heteroatoms. The first-order valence-corrected chi connectivity index (χ1v) is 8.45. The molecular weight excluding hydrogens is 294 g/mol. The van der Waals surface area contributed by atoms with E-state index in [1.54, 1.807) is 0 Å². The van der Waals surface area contributed by atoms with Crippen molar-refractivity contribution in [2.24, 2.45) is 0 Å². The SMILES string of the molecule is Cc1nc(C(=O)N2CCN(Cc3ccccc3)CC2)sc1C. The Morgan fingerprint density at radius 2 is 1.82 bits per heavy atom. The largest absolute Gasteiger partial charge is 0.334 e. The highest BCUT2D eigenvalue weighted by atomic mass is 32.1. The third-order valence-corrected chi connectivity index (χ3v) is 5.18. The third-order valence-electron chi connectivity index (χ3n) is 4.12. The summed E-state index contributed by atoms with van der Waals surface area (Å²) < 4.78 is 0. The Morgan fingerprint density at radius 3 is 2.41 bits per heavy atom. The van der Waals surface area contributed by atoms with Gasteiger partial charge in [-0.2, -0.15) is 0 Å². The summed E-state index contributed by atoms with van der Waals surface area (Å²) in [5, 5.41) is 0.631. The molecule has 0 N–H and O–H groups in total. The van der Waals surface area contributed by atoms with Crippen LogP contribution in [0, 0.1) is 13.8 Å². The summed E-state index contributed by atoms with van der Waals surface area (Å²) in [6.07, 6.45) is 0. The number of benzene rings is 1. The molecule has 1 amide bonds. The van der Waals surface area contributed by atoms with Gasteiger partial charge in [0, 0.05) is 37.6 Å². The number of aromatic nitrogens is 1. The Bertz CT molecular complexity index is 626. The third kappa shape index (κ3) is 3.36. The summed E-state index contributed by atoms with van der Waals surface area (Å²) in [5.41, 5.74) is 2.30. The highest BCUT2D eigenvalue weighted by molar-refractivity contribution is 7.13. The Kier molecular flexibility index (Phi) is 4.55. The molecule has 0 unspecified atom stereocenters. The Hall–Kier alpha value is -1.72. The molecule has 0 saturated carbocycles. The Morgan fingerprint density at radius 1 is 1.14 bits per heavy atom. The van der Waals surface area contributed by atoms with Crippen molar-refractivity contribution in [1.29, 1.82) is 0 Å². The van der Waals surface area contributed by atoms with Gasteiger partial charge in [-0.1, -0.05) is 30.3 Å². The quantitative estimate of drug-likeness (QED) is 0.874. The molecule has 0 aliphatic carbocycles. The topological polar surface area (TPSA) is 36.4 Å². The molecule has 0 spiro atoms. The number of hydrogen-bond acceptors (Lipinski definition) is 4. The maximum atomic E-state index is 12.5. The van der Waals surface area contributed by atoms with E-state index in [2.05, 4.69) is 34.1 Å². The van der Waals surface area contributed by atoms with E-state index < -0.39 is 0 Å². The first-order valence-electron chi connectivity index (χ1n) is 7.63. The summed E-state index contributed by atoms with van der Waals surface area (Å²) in [4.78, 5) is 22.3. The average molecular weight is 315 g/mol. The van der Waals surface area contributed by atoms with Crippen molar-refractivity contribution in [3.63, 3.8) is 0 Å². The molecule has 1 aromatic heterocycles. The predicted octanol–water partition coefficient (Wildman–Crippen LogP) is 2.72. The van der Waals surface area contributed by atoms with Gasteiger partial charge in [0.2, 0.25) is 0 Å². The normalized spacial score (nSPS) is 16.0. The van der Waals surface area contributed by atoms with Crippen molar-refractivity contribution in [3.05, 3.63) is 51.5 Å². The van der Waals surface area contributed by atoms with Crippen molar-refractivity contribution < 1.29 is 4.79 Å². The summed E-state index contributed by atoms with van der Waals surface area (Å²) in [5.74, 6) is 0.0839. The first kappa shape index (κ1) is 15.2. The monoisotopic (exact) mass is 315 g/mol. The van der Waals surface area contributed by atoms with Crippen LogP contribution in [0.1, 0.15) is 25.9 Å². The lowest BCUT2D eigenvalue weighted by atomic mass is 10.2. The zero-order valence-electron chi connectivity index (χ0n) is 13.1. The molecule has 1 fully saturated rings. The van der Waals surface area contributed by atoms with E-state index in [1.807, 2.05) is 24.8 Å². The molecular formula is C17H21N3OS. The Balaban J connectivity index is 1.56. The van der Waals surface area contributed by atoms with Gasteiger partial charge < -0.3 is 4.90 Å². The summed E-state index contributed by atoms with van der Waals surface area (Å²) in [6, 6.07) is 10.5. The van der Waals surface area contributed by atoms with Crippen LogP contribution >= 0.6 is 11.3 Å². The number of nitrogens with zero attached hydrogens (tertiary/aromatic N) is 3. The fourth-order valence-electron chi connectivity index (χ4n) is 2.65. The number of hydrogen-bond donors (Lipinski definition) is 0. The number of carbonyl (C=O) groups is 1. The molecule has 0 atom stereocenters. The fourth-order valence-corrected chi connectivity index (χ4v) is 3.53. The number of piperazine rings is 1. The van der Waals surface area contributed by atoms with Gasteiger partial charge in [0.25, 0.3) is 5.91 Å². The van der Waals surface area contributed by atoms with E-state index in [0.29, 0.717) is 5.01 Å². The maximum Gasteiger partial charge on any atom is 0.282 e. The van der Waals surface area contributed by atoms with Gasteiger partial charge in [-0.05, 0) is 19.4 Å². The lowest BCUT2D eigenvalue weighted by Gasteiger charge is -2.34. The minimum atomic E-state index is 0.0839. The minimum absolute atomic E-state index is 0.0839. The first-order chi connectivity index (χ1) is 10.6. The molecule has 116 valence electrons. The average Bonchev–Trinajstić information content (AvgIpc) is 2.88. The molecule has 22 heavy (non-hydrogen) atoms. The molecule has 2 heterocycles. The van der Waals surface area contributed by atoms with Crippen molar-refractivity contribution in [2.45, 2.75) is 20.4 Å². The van der Waals surface area contributed by atoms with Crippen LogP contribution in [0.25, 0.3) is 0 Å². The van der Waals surface area contributed by atoms with E-state index in [0.717, 1.165) is 43.3 Å². The van der Waals surface area contributed by atoms with Crippen LogP contribution in [-0.4, -0.2) is 46.9 Å². The molecule has 1 aliphatic rings. The van der Waals surface area contributed by atoms with E-state index in [1.165, 1.54) is 16.9 Å². The second-order valence-corrected chi connectivity index (χ2v) is 6.92. The number of thiazole rings is 1. The molecule has 0 bridgehead atoms. The zero-order valence-corrected chi connectivity index (χ0v) is 13.9. The second kappa shape index (κ2) is 6.58. The summed E-state index contributed by atoms with van der Waals surface area (Å²) >= 11 is 1.50. The van der Waals surface area contributed by atoms with Crippen LogP contribution in [0.5, 0.6) is 0 Å². The lowest BCUT2D eigenvalue weighted by Crippen LogP contribution is -2.48. The standard InChI is InChI=1S/C17H21N3OS/c1-13-14(2)22-16(18-13)17(21)20-10-8-19(9-11-20)12-15-6-4-3-5-7-15/h3-7H,8-12H2,1-2H3. The molecule has 2 aromatic rings. The highest BCUT2D eigenvalue weighted by Gasteiger charge is 2.24. The van der Waals surface area contributed by atoms with Gasteiger partial charge in [-0.3, -0.25) is 9.69 Å². The van der Waals surface area contributed by atoms with E-state index >= 15 is 0 Å². The summed E-state index contributed by atoms with van der Waals surface area (Å²) in [6.45, 7) is 8.33. The number of amides is 1. The number of aryl methyl sites for hydroxylation is 2. The Labute approximate surface area is 135 Å². The van der Waals surface area contributed by atoms with Gasteiger partial charge in [-0.15, -0.1) is 11.3 Å². The van der Waals surface area contributed by atoms with Gasteiger partial charge in [0.1, 0.15) is 0 Å².